The molecule has 1 aliphatic carbocycles. The van der Waals surface area contributed by atoms with E-state index in [1.165, 1.54) is 11.1 Å². The highest BCUT2D eigenvalue weighted by Gasteiger charge is 2.30. The van der Waals surface area contributed by atoms with Crippen LogP contribution in [0.15, 0.2) is 24.3 Å². The molecule has 1 aliphatic heterocycles. The summed E-state index contributed by atoms with van der Waals surface area (Å²) in [5, 5.41) is 12.7. The van der Waals surface area contributed by atoms with Crippen LogP contribution < -0.4 is 11.1 Å². The summed E-state index contributed by atoms with van der Waals surface area (Å²) in [4.78, 5) is 14.2. The predicted molar refractivity (Wildman–Crippen MR) is 93.1 cm³/mol. The molecule has 3 rings (SSSR count). The first-order valence-corrected chi connectivity index (χ1v) is 8.97. The average molecular weight is 326 g/mol. The number of hydrogen-bond acceptors (Lipinski definition) is 4. The Balaban J connectivity index is 1.48. The lowest BCUT2D eigenvalue weighted by atomic mass is 10.0. The van der Waals surface area contributed by atoms with Crippen LogP contribution in [0.25, 0.3) is 0 Å². The Kier molecular flexibility index (Phi) is 5.49. The molecule has 3 atom stereocenters. The SMILES string of the molecule is N#CC1CCCCN1C(=O)C(N)CCNC1CCc2ccccc21. The van der Waals surface area contributed by atoms with Gasteiger partial charge < -0.3 is 16.0 Å². The van der Waals surface area contributed by atoms with Gasteiger partial charge in [-0.25, -0.2) is 0 Å². The number of likely N-dealkylation sites (tertiary alicyclic amines) is 1. The van der Waals surface area contributed by atoms with Crippen LogP contribution >= 0.6 is 0 Å². The van der Waals surface area contributed by atoms with E-state index >= 15 is 0 Å². The van der Waals surface area contributed by atoms with Gasteiger partial charge in [0.25, 0.3) is 0 Å². The minimum atomic E-state index is -0.525. The normalized spacial score (nSPS) is 24.2. The molecule has 0 bridgehead atoms. The van der Waals surface area contributed by atoms with E-state index in [1.807, 2.05) is 0 Å². The predicted octanol–water partition coefficient (Wildman–Crippen LogP) is 1.89. The Labute approximate surface area is 143 Å². The first kappa shape index (κ1) is 16.9. The van der Waals surface area contributed by atoms with Crippen LogP contribution in [0.5, 0.6) is 0 Å². The van der Waals surface area contributed by atoms with Gasteiger partial charge in [-0.2, -0.15) is 5.26 Å². The Hall–Kier alpha value is -1.90. The summed E-state index contributed by atoms with van der Waals surface area (Å²) in [5.74, 6) is -0.0742. The highest BCUT2D eigenvalue weighted by molar-refractivity contribution is 5.82. The molecule has 3 N–H and O–H groups in total. The molecule has 3 unspecified atom stereocenters. The molecule has 1 saturated heterocycles. The summed E-state index contributed by atoms with van der Waals surface area (Å²) >= 11 is 0. The molecule has 0 radical (unpaired) electrons. The topological polar surface area (TPSA) is 82.2 Å². The molecule has 24 heavy (non-hydrogen) atoms. The van der Waals surface area contributed by atoms with Crippen LogP contribution in [-0.4, -0.2) is 36.0 Å². The van der Waals surface area contributed by atoms with Crippen molar-refractivity contribution in [3.63, 3.8) is 0 Å². The van der Waals surface area contributed by atoms with E-state index < -0.39 is 6.04 Å². The molecular formula is C19H26N4O. The summed E-state index contributed by atoms with van der Waals surface area (Å²) in [6.07, 6.45) is 5.56. The van der Waals surface area contributed by atoms with E-state index in [0.29, 0.717) is 19.0 Å². The van der Waals surface area contributed by atoms with Crippen LogP contribution in [0.3, 0.4) is 0 Å². The van der Waals surface area contributed by atoms with Gasteiger partial charge in [0, 0.05) is 12.6 Å². The summed E-state index contributed by atoms with van der Waals surface area (Å²) in [6, 6.07) is 10.3. The second-order valence-electron chi connectivity index (χ2n) is 6.81. The molecule has 0 spiro atoms. The highest BCUT2D eigenvalue weighted by atomic mass is 16.2. The Morgan fingerprint density at radius 1 is 1.38 bits per heavy atom. The van der Waals surface area contributed by atoms with Crippen molar-refractivity contribution in [2.45, 2.75) is 56.7 Å². The monoisotopic (exact) mass is 326 g/mol. The van der Waals surface area contributed by atoms with Crippen molar-refractivity contribution < 1.29 is 4.79 Å². The maximum Gasteiger partial charge on any atom is 0.240 e. The average Bonchev–Trinajstić information content (AvgIpc) is 3.04. The van der Waals surface area contributed by atoms with Crippen molar-refractivity contribution in [1.29, 1.82) is 5.26 Å². The minimum absolute atomic E-state index is 0.0742. The lowest BCUT2D eigenvalue weighted by Gasteiger charge is -2.33. The number of nitrogens with two attached hydrogens (primary N) is 1. The number of amides is 1. The van der Waals surface area contributed by atoms with Crippen molar-refractivity contribution in [3.05, 3.63) is 35.4 Å². The summed E-state index contributed by atoms with van der Waals surface area (Å²) in [6.45, 7) is 1.38. The van der Waals surface area contributed by atoms with Crippen LogP contribution in [0, 0.1) is 11.3 Å². The number of piperidine rings is 1. The third kappa shape index (κ3) is 3.61. The molecule has 128 valence electrons. The number of nitriles is 1. The van der Waals surface area contributed by atoms with Gasteiger partial charge in [-0.3, -0.25) is 4.79 Å². The van der Waals surface area contributed by atoms with Gasteiger partial charge in [0.15, 0.2) is 0 Å². The number of benzene rings is 1. The van der Waals surface area contributed by atoms with E-state index in [1.54, 1.807) is 4.90 Å². The third-order valence-corrected chi connectivity index (χ3v) is 5.23. The number of nitrogens with one attached hydrogen (secondary N) is 1. The number of hydrogen-bond donors (Lipinski definition) is 2. The van der Waals surface area contributed by atoms with E-state index in [0.717, 1.165) is 38.6 Å². The van der Waals surface area contributed by atoms with Gasteiger partial charge in [-0.1, -0.05) is 24.3 Å². The van der Waals surface area contributed by atoms with Gasteiger partial charge >= 0.3 is 0 Å². The quantitative estimate of drug-likeness (QED) is 0.865. The standard InChI is InChI=1S/C19H26N4O/c20-13-15-6-3-4-12-23(15)19(24)17(21)10-11-22-18-9-8-14-5-1-2-7-16(14)18/h1-2,5,7,15,17-18,22H,3-4,6,8-12,21H2. The minimum Gasteiger partial charge on any atom is -0.325 e. The Morgan fingerprint density at radius 3 is 3.04 bits per heavy atom. The van der Waals surface area contributed by atoms with E-state index in [9.17, 15) is 10.1 Å². The van der Waals surface area contributed by atoms with E-state index in [2.05, 4.69) is 35.7 Å². The molecule has 1 amide bonds. The van der Waals surface area contributed by atoms with Crippen molar-refractivity contribution in [3.8, 4) is 6.07 Å². The van der Waals surface area contributed by atoms with Gasteiger partial charge in [0.2, 0.25) is 5.91 Å². The van der Waals surface area contributed by atoms with Crippen LogP contribution in [0.1, 0.15) is 49.3 Å². The molecule has 0 saturated carbocycles. The molecular weight excluding hydrogens is 300 g/mol. The summed E-state index contributed by atoms with van der Waals surface area (Å²) < 4.78 is 0. The number of rotatable bonds is 5. The molecule has 1 aromatic carbocycles. The third-order valence-electron chi connectivity index (χ3n) is 5.23. The second kappa shape index (κ2) is 7.78. The van der Waals surface area contributed by atoms with Crippen LogP contribution in [-0.2, 0) is 11.2 Å². The number of nitrogens with zero attached hydrogens (tertiary/aromatic N) is 2. The Morgan fingerprint density at radius 2 is 2.21 bits per heavy atom. The molecule has 5 heteroatoms. The number of fused-ring (bicyclic) bond motifs is 1. The molecule has 1 aromatic rings. The molecule has 1 heterocycles. The number of carbonyl (C=O) groups excluding carboxylic acids is 1. The molecule has 2 aliphatic rings. The zero-order chi connectivity index (χ0) is 16.9. The van der Waals surface area contributed by atoms with Gasteiger partial charge in [-0.05, 0) is 56.2 Å². The zero-order valence-electron chi connectivity index (χ0n) is 14.1. The maximum absolute atomic E-state index is 12.5. The molecule has 0 aromatic heterocycles. The van der Waals surface area contributed by atoms with Crippen LogP contribution in [0.4, 0.5) is 0 Å². The van der Waals surface area contributed by atoms with Gasteiger partial charge in [0.1, 0.15) is 6.04 Å². The zero-order valence-corrected chi connectivity index (χ0v) is 14.1. The number of carbonyl (C=O) groups is 1. The second-order valence-corrected chi connectivity index (χ2v) is 6.81. The lowest BCUT2D eigenvalue weighted by Crippen LogP contribution is -2.51. The first-order valence-electron chi connectivity index (χ1n) is 8.97. The lowest BCUT2D eigenvalue weighted by molar-refractivity contribution is -0.135. The largest absolute Gasteiger partial charge is 0.325 e. The van der Waals surface area contributed by atoms with Crippen LogP contribution in [0.2, 0.25) is 0 Å². The molecule has 1 fully saturated rings. The van der Waals surface area contributed by atoms with Crippen molar-refractivity contribution in [2.24, 2.45) is 5.73 Å². The number of aryl methyl sites for hydroxylation is 1. The van der Waals surface area contributed by atoms with E-state index in [-0.39, 0.29) is 11.9 Å². The highest BCUT2D eigenvalue weighted by Crippen LogP contribution is 2.30. The fraction of sp³-hybridized carbons (Fsp3) is 0.579. The Bertz CT molecular complexity index is 624. The fourth-order valence-electron chi connectivity index (χ4n) is 3.85. The summed E-state index contributed by atoms with van der Waals surface area (Å²) in [7, 11) is 0. The molecule has 5 nitrogen and oxygen atoms in total. The van der Waals surface area contributed by atoms with Crippen molar-refractivity contribution in [1.82, 2.24) is 10.2 Å². The van der Waals surface area contributed by atoms with Crippen molar-refractivity contribution in [2.75, 3.05) is 13.1 Å². The maximum atomic E-state index is 12.5. The van der Waals surface area contributed by atoms with Gasteiger partial charge in [-0.15, -0.1) is 0 Å². The van der Waals surface area contributed by atoms with Crippen molar-refractivity contribution >= 4 is 5.91 Å². The first-order chi connectivity index (χ1) is 11.7. The fourth-order valence-corrected chi connectivity index (χ4v) is 3.85. The van der Waals surface area contributed by atoms with Gasteiger partial charge in [0.05, 0.1) is 12.1 Å². The summed E-state index contributed by atoms with van der Waals surface area (Å²) in [5.41, 5.74) is 8.89. The van der Waals surface area contributed by atoms with E-state index in [4.69, 9.17) is 5.73 Å². The smallest absolute Gasteiger partial charge is 0.240 e.